The van der Waals surface area contributed by atoms with Crippen LogP contribution in [0, 0.1) is 5.82 Å². The number of pyridine rings is 1. The SMILES string of the molecule is CCC(O)(CC)CCO.CNc1ccc(F)c(-c2ccccn2)c1SCCO. The van der Waals surface area contributed by atoms with E-state index in [0.717, 1.165) is 23.4 Å². The zero-order valence-corrected chi connectivity index (χ0v) is 17.6. The molecule has 0 bridgehead atoms. The highest BCUT2D eigenvalue weighted by molar-refractivity contribution is 7.99. The Bertz CT molecular complexity index is 698. The second-order valence-electron chi connectivity index (χ2n) is 6.24. The molecule has 0 aliphatic heterocycles. The lowest BCUT2D eigenvalue weighted by Crippen LogP contribution is -2.27. The first-order valence-electron chi connectivity index (χ1n) is 9.44. The Balaban J connectivity index is 0.000000370. The molecule has 2 rings (SSSR count). The van der Waals surface area contributed by atoms with Crippen molar-refractivity contribution in [3.63, 3.8) is 0 Å². The molecule has 0 unspecified atom stereocenters. The zero-order chi connectivity index (χ0) is 21.0. The number of benzene rings is 1. The van der Waals surface area contributed by atoms with Crippen LogP contribution in [0.5, 0.6) is 0 Å². The van der Waals surface area contributed by atoms with Crippen molar-refractivity contribution in [2.45, 2.75) is 43.6 Å². The Morgan fingerprint density at radius 1 is 1.11 bits per heavy atom. The maximum atomic E-state index is 14.1. The van der Waals surface area contributed by atoms with Crippen molar-refractivity contribution in [1.82, 2.24) is 4.98 Å². The maximum absolute atomic E-state index is 14.1. The third-order valence-electron chi connectivity index (χ3n) is 4.53. The largest absolute Gasteiger partial charge is 0.396 e. The van der Waals surface area contributed by atoms with E-state index in [9.17, 15) is 9.50 Å². The monoisotopic (exact) mass is 410 g/mol. The molecule has 28 heavy (non-hydrogen) atoms. The van der Waals surface area contributed by atoms with E-state index in [0.29, 0.717) is 23.4 Å². The zero-order valence-electron chi connectivity index (χ0n) is 16.8. The number of aromatic nitrogens is 1. The minimum atomic E-state index is -0.616. The van der Waals surface area contributed by atoms with E-state index in [2.05, 4.69) is 10.3 Å². The van der Waals surface area contributed by atoms with Crippen LogP contribution >= 0.6 is 11.8 Å². The Kier molecular flexibility index (Phi) is 11.1. The molecule has 5 nitrogen and oxygen atoms in total. The van der Waals surface area contributed by atoms with Crippen molar-refractivity contribution in [3.05, 3.63) is 42.3 Å². The van der Waals surface area contributed by atoms with Crippen molar-refractivity contribution in [3.8, 4) is 11.3 Å². The highest BCUT2D eigenvalue weighted by atomic mass is 32.2. The van der Waals surface area contributed by atoms with Crippen molar-refractivity contribution in [1.29, 1.82) is 0 Å². The quantitative estimate of drug-likeness (QED) is 0.469. The van der Waals surface area contributed by atoms with Crippen molar-refractivity contribution < 1.29 is 19.7 Å². The Hall–Kier alpha value is -1.67. The van der Waals surface area contributed by atoms with Gasteiger partial charge >= 0.3 is 0 Å². The third-order valence-corrected chi connectivity index (χ3v) is 5.63. The van der Waals surface area contributed by atoms with E-state index in [1.54, 1.807) is 31.4 Å². The van der Waals surface area contributed by atoms with E-state index < -0.39 is 5.60 Å². The van der Waals surface area contributed by atoms with Gasteiger partial charge in [-0.1, -0.05) is 19.9 Å². The fraction of sp³-hybridized carbons (Fsp3) is 0.476. The smallest absolute Gasteiger partial charge is 0.133 e. The van der Waals surface area contributed by atoms with Gasteiger partial charge in [-0.05, 0) is 43.5 Å². The summed E-state index contributed by atoms with van der Waals surface area (Å²) >= 11 is 1.41. The van der Waals surface area contributed by atoms with E-state index in [-0.39, 0.29) is 19.0 Å². The van der Waals surface area contributed by atoms with Crippen molar-refractivity contribution in [2.75, 3.05) is 31.3 Å². The normalized spacial score (nSPS) is 11.0. The highest BCUT2D eigenvalue weighted by Crippen LogP contribution is 2.38. The third kappa shape index (κ3) is 7.05. The molecule has 4 N–H and O–H groups in total. The van der Waals surface area contributed by atoms with E-state index in [1.807, 2.05) is 19.9 Å². The van der Waals surface area contributed by atoms with Gasteiger partial charge in [-0.25, -0.2) is 4.39 Å². The van der Waals surface area contributed by atoms with Gasteiger partial charge in [-0.2, -0.15) is 0 Å². The Morgan fingerprint density at radius 2 is 1.82 bits per heavy atom. The molecular weight excluding hydrogens is 379 g/mol. The summed E-state index contributed by atoms with van der Waals surface area (Å²) in [7, 11) is 1.79. The molecule has 0 spiro atoms. The van der Waals surface area contributed by atoms with Crippen LogP contribution in [0.4, 0.5) is 10.1 Å². The number of aliphatic hydroxyl groups excluding tert-OH is 2. The van der Waals surface area contributed by atoms with Crippen LogP contribution in [0.3, 0.4) is 0 Å². The number of thioether (sulfide) groups is 1. The summed E-state index contributed by atoms with van der Waals surface area (Å²) in [6.07, 6.45) is 3.59. The number of anilines is 1. The lowest BCUT2D eigenvalue weighted by atomic mass is 9.94. The first kappa shape index (κ1) is 24.4. The molecule has 1 aromatic carbocycles. The summed E-state index contributed by atoms with van der Waals surface area (Å²) in [6, 6.07) is 8.53. The molecule has 0 radical (unpaired) electrons. The molecule has 0 aliphatic rings. The van der Waals surface area contributed by atoms with Gasteiger partial charge in [0.25, 0.3) is 0 Å². The maximum Gasteiger partial charge on any atom is 0.133 e. The molecule has 0 atom stereocenters. The molecule has 0 saturated carbocycles. The summed E-state index contributed by atoms with van der Waals surface area (Å²) in [6.45, 7) is 3.99. The lowest BCUT2D eigenvalue weighted by Gasteiger charge is -2.23. The molecule has 1 heterocycles. The average molecular weight is 411 g/mol. The van der Waals surface area contributed by atoms with E-state index >= 15 is 0 Å². The number of hydrogen-bond acceptors (Lipinski definition) is 6. The number of aliphatic hydroxyl groups is 3. The highest BCUT2D eigenvalue weighted by Gasteiger charge is 2.20. The van der Waals surface area contributed by atoms with Gasteiger partial charge in [0.15, 0.2) is 0 Å². The molecule has 7 heteroatoms. The van der Waals surface area contributed by atoms with Gasteiger partial charge in [0.1, 0.15) is 5.82 Å². The fourth-order valence-corrected chi connectivity index (χ4v) is 3.58. The van der Waals surface area contributed by atoms with Crippen LogP contribution in [-0.4, -0.2) is 51.9 Å². The summed E-state index contributed by atoms with van der Waals surface area (Å²) in [5.41, 5.74) is 1.29. The molecule has 156 valence electrons. The van der Waals surface area contributed by atoms with Crippen LogP contribution in [0.1, 0.15) is 33.1 Å². The molecular formula is C21H31FN2O3S. The predicted octanol–water partition coefficient (Wildman–Crippen LogP) is 3.93. The first-order chi connectivity index (χ1) is 13.5. The van der Waals surface area contributed by atoms with Crippen LogP contribution in [-0.2, 0) is 0 Å². The second-order valence-corrected chi connectivity index (χ2v) is 7.35. The van der Waals surface area contributed by atoms with Crippen LogP contribution in [0.2, 0.25) is 0 Å². The number of rotatable bonds is 9. The van der Waals surface area contributed by atoms with Gasteiger partial charge in [-0.3, -0.25) is 4.98 Å². The molecule has 0 amide bonds. The summed E-state index contributed by atoms with van der Waals surface area (Å²) < 4.78 is 14.1. The fourth-order valence-electron chi connectivity index (χ4n) is 2.61. The van der Waals surface area contributed by atoms with Crippen LogP contribution in [0.15, 0.2) is 41.4 Å². The Morgan fingerprint density at radius 3 is 2.29 bits per heavy atom. The molecule has 2 aromatic rings. The number of nitrogens with one attached hydrogen (secondary N) is 1. The van der Waals surface area contributed by atoms with Gasteiger partial charge in [0.05, 0.1) is 23.5 Å². The summed E-state index contributed by atoms with van der Waals surface area (Å²) in [4.78, 5) is 4.98. The first-order valence-corrected chi connectivity index (χ1v) is 10.4. The predicted molar refractivity (Wildman–Crippen MR) is 114 cm³/mol. The molecule has 1 aromatic heterocycles. The van der Waals surface area contributed by atoms with Crippen molar-refractivity contribution in [2.24, 2.45) is 0 Å². The number of nitrogens with zero attached hydrogens (tertiary/aromatic N) is 1. The lowest BCUT2D eigenvalue weighted by molar-refractivity contribution is 0.00872. The minimum Gasteiger partial charge on any atom is -0.396 e. The number of hydrogen-bond donors (Lipinski definition) is 4. The van der Waals surface area contributed by atoms with Crippen LogP contribution in [0.25, 0.3) is 11.3 Å². The second kappa shape index (κ2) is 12.7. The minimum absolute atomic E-state index is 0.0476. The van der Waals surface area contributed by atoms with Crippen molar-refractivity contribution >= 4 is 17.4 Å². The molecule has 0 saturated heterocycles. The van der Waals surface area contributed by atoms with Gasteiger partial charge in [0.2, 0.25) is 0 Å². The standard InChI is InChI=1S/C14H15FN2OS.C7H16O2/c1-16-12-6-5-10(15)13(14(12)19-9-8-18)11-4-2-3-7-17-11;1-3-7(9,4-2)5-6-8/h2-7,16,18H,8-9H2,1H3;8-9H,3-6H2,1-2H3. The topological polar surface area (TPSA) is 85.6 Å². The summed E-state index contributed by atoms with van der Waals surface area (Å²) in [5.74, 6) is 0.205. The van der Waals surface area contributed by atoms with Gasteiger partial charge in [-0.15, -0.1) is 11.8 Å². The van der Waals surface area contributed by atoms with Crippen LogP contribution < -0.4 is 5.32 Å². The van der Waals surface area contributed by atoms with E-state index in [4.69, 9.17) is 10.2 Å². The number of halogens is 1. The molecule has 0 fully saturated rings. The average Bonchev–Trinajstić information content (AvgIpc) is 2.73. The molecule has 0 aliphatic carbocycles. The Labute approximate surface area is 171 Å². The van der Waals surface area contributed by atoms with Gasteiger partial charge in [0, 0.05) is 36.2 Å². The van der Waals surface area contributed by atoms with E-state index in [1.165, 1.54) is 17.8 Å². The van der Waals surface area contributed by atoms with Gasteiger partial charge < -0.3 is 20.6 Å². The summed E-state index contributed by atoms with van der Waals surface area (Å²) in [5, 5.41) is 30.0.